The van der Waals surface area contributed by atoms with Crippen molar-refractivity contribution in [2.75, 3.05) is 0 Å². The largest absolute Gasteiger partial charge is 0.503 e. The molecule has 0 aromatic carbocycles. The van der Waals surface area contributed by atoms with Crippen molar-refractivity contribution in [2.24, 2.45) is 0 Å². The van der Waals surface area contributed by atoms with Crippen LogP contribution in [0.2, 0.25) is 0 Å². The Morgan fingerprint density at radius 3 is 0.692 bits per heavy atom. The summed E-state index contributed by atoms with van der Waals surface area (Å²) < 4.78 is 0. The van der Waals surface area contributed by atoms with E-state index in [4.69, 9.17) is 34.8 Å². The van der Waals surface area contributed by atoms with Crippen LogP contribution in [0.5, 0.6) is 0 Å². The molecule has 0 aromatic rings. The van der Waals surface area contributed by atoms with Crippen LogP contribution in [-0.4, -0.2) is 38.5 Å². The molecule has 0 heterocycles. The first-order valence-corrected chi connectivity index (χ1v) is 1.76. The van der Waals surface area contributed by atoms with Gasteiger partial charge in [0.25, 0.3) is 0 Å². The molecule has 0 saturated heterocycles. The van der Waals surface area contributed by atoms with Crippen LogP contribution >= 0.6 is 0 Å². The molecule has 0 rings (SSSR count). The van der Waals surface area contributed by atoms with Crippen LogP contribution in [0.4, 0.5) is 4.79 Å². The average molecular weight is 203 g/mol. The summed E-state index contributed by atoms with van der Waals surface area (Å²) in [5.74, 6) is -3.65. The van der Waals surface area contributed by atoms with E-state index in [9.17, 15) is 0 Å². The molecule has 10 heteroatoms. The van der Waals surface area contributed by atoms with Crippen LogP contribution in [0.25, 0.3) is 0 Å². The third-order valence-electron chi connectivity index (χ3n) is 0.183. The Balaban J connectivity index is -0.0000000279. The van der Waals surface area contributed by atoms with E-state index in [-0.39, 0.29) is 18.5 Å². The molecule has 0 bridgehead atoms. The van der Waals surface area contributed by atoms with E-state index in [1.807, 2.05) is 0 Å². The zero-order valence-corrected chi connectivity index (χ0v) is 6.63. The maximum Gasteiger partial charge on any atom is 0.503 e. The molecule has 0 aliphatic rings. The van der Waals surface area contributed by atoms with Gasteiger partial charge in [-0.05, 0) is 0 Å². The summed E-state index contributed by atoms with van der Waals surface area (Å²) in [5, 5.41) is 28.7. The number of carboxylic acids is 2. The molecule has 0 aromatic heterocycles. The molecular weight excluding hydrogens is 190 g/mol. The highest BCUT2D eigenvalue weighted by molar-refractivity contribution is 6.27. The van der Waals surface area contributed by atoms with E-state index in [1.165, 1.54) is 0 Å². The second-order valence-electron chi connectivity index (χ2n) is 0.893. The Morgan fingerprint density at radius 1 is 0.615 bits per heavy atom. The van der Waals surface area contributed by atoms with Crippen molar-refractivity contribution < 1.29 is 34.8 Å². The van der Waals surface area contributed by atoms with Gasteiger partial charge in [-0.25, -0.2) is 14.4 Å². The molecule has 0 fully saturated rings. The van der Waals surface area contributed by atoms with Gasteiger partial charge in [0.1, 0.15) is 0 Å². The monoisotopic (exact) mass is 203 g/mol. The summed E-state index contributed by atoms with van der Waals surface area (Å²) in [6.07, 6.45) is -1.83. The van der Waals surface area contributed by atoms with Crippen molar-refractivity contribution in [1.82, 2.24) is 18.5 Å². The zero-order valence-electron chi connectivity index (χ0n) is 6.63. The molecule has 0 radical (unpaired) electrons. The Labute approximate surface area is 72.5 Å². The minimum atomic E-state index is -1.83. The summed E-state index contributed by atoms with van der Waals surface area (Å²) in [6, 6.07) is 0. The van der Waals surface area contributed by atoms with Crippen LogP contribution in [0.1, 0.15) is 0 Å². The van der Waals surface area contributed by atoms with Crippen molar-refractivity contribution in [3.8, 4) is 0 Å². The Kier molecular flexibility index (Phi) is 38.8. The Bertz CT molecular complexity index is 141. The predicted molar refractivity (Wildman–Crippen MR) is 41.0 cm³/mol. The van der Waals surface area contributed by atoms with E-state index in [2.05, 4.69) is 0 Å². The SMILES string of the molecule is N.N.N.O=C(O)C(=O)O.O=C(O)O. The second-order valence-corrected chi connectivity index (χ2v) is 0.893. The summed E-state index contributed by atoms with van der Waals surface area (Å²) in [7, 11) is 0. The van der Waals surface area contributed by atoms with Crippen LogP contribution in [0.15, 0.2) is 0 Å². The van der Waals surface area contributed by atoms with Crippen LogP contribution in [0.3, 0.4) is 0 Å². The highest BCUT2D eigenvalue weighted by atomic mass is 16.6. The van der Waals surface area contributed by atoms with Crippen LogP contribution in [0, 0.1) is 0 Å². The lowest BCUT2D eigenvalue weighted by molar-refractivity contribution is -0.159. The van der Waals surface area contributed by atoms with Gasteiger partial charge in [-0.15, -0.1) is 0 Å². The maximum atomic E-state index is 9.10. The first-order chi connectivity index (χ1) is 4.37. The van der Waals surface area contributed by atoms with E-state index in [0.717, 1.165) is 0 Å². The van der Waals surface area contributed by atoms with Gasteiger partial charge in [0, 0.05) is 0 Å². The standard InChI is InChI=1S/C2H2O4.CH2O3.3H3N/c3-1(4)2(5)6;2-1(3)4;;;/h(H,3,4)(H,5,6);(H2,2,3,4);3*1H3. The summed E-state index contributed by atoms with van der Waals surface area (Å²) in [6.45, 7) is 0. The topological polar surface area (TPSA) is 237 Å². The first kappa shape index (κ1) is 30.4. The number of hydrogen-bond donors (Lipinski definition) is 7. The van der Waals surface area contributed by atoms with Gasteiger partial charge in [0.05, 0.1) is 0 Å². The second kappa shape index (κ2) is 16.6. The number of carbonyl (C=O) groups is 3. The summed E-state index contributed by atoms with van der Waals surface area (Å²) >= 11 is 0. The molecule has 0 saturated carbocycles. The molecule has 10 nitrogen and oxygen atoms in total. The lowest BCUT2D eigenvalue weighted by Crippen LogP contribution is -2.09. The zero-order chi connectivity index (χ0) is 8.73. The minimum Gasteiger partial charge on any atom is -0.473 e. The normalized spacial score (nSPS) is 5.23. The van der Waals surface area contributed by atoms with E-state index >= 15 is 0 Å². The number of aliphatic carboxylic acids is 2. The van der Waals surface area contributed by atoms with E-state index < -0.39 is 18.1 Å². The van der Waals surface area contributed by atoms with Crippen LogP contribution < -0.4 is 18.5 Å². The molecule has 0 aliphatic heterocycles. The molecule has 0 amide bonds. The number of carboxylic acid groups (broad SMARTS) is 4. The maximum absolute atomic E-state index is 9.10. The Hall–Kier alpha value is -1.91. The minimum absolute atomic E-state index is 0. The predicted octanol–water partition coefficient (Wildman–Crippen LogP) is -0.136. The van der Waals surface area contributed by atoms with Crippen LogP contribution in [-0.2, 0) is 9.59 Å². The highest BCUT2D eigenvalue weighted by Crippen LogP contribution is 1.56. The fraction of sp³-hybridized carbons (Fsp3) is 0. The fourth-order valence-electron chi connectivity index (χ4n) is 0. The molecule has 0 atom stereocenters. The van der Waals surface area contributed by atoms with Crippen molar-refractivity contribution in [2.45, 2.75) is 0 Å². The van der Waals surface area contributed by atoms with Crippen molar-refractivity contribution in [3.63, 3.8) is 0 Å². The number of hydrogen-bond acceptors (Lipinski definition) is 6. The smallest absolute Gasteiger partial charge is 0.473 e. The Morgan fingerprint density at radius 2 is 0.692 bits per heavy atom. The molecule has 0 spiro atoms. The first-order valence-electron chi connectivity index (χ1n) is 1.76. The van der Waals surface area contributed by atoms with Gasteiger partial charge in [-0.1, -0.05) is 0 Å². The lowest BCUT2D eigenvalue weighted by atomic mass is 10.7. The van der Waals surface area contributed by atoms with Crippen molar-refractivity contribution in [1.29, 1.82) is 0 Å². The highest BCUT2D eigenvalue weighted by Gasteiger charge is 2.04. The third-order valence-corrected chi connectivity index (χ3v) is 0.183. The molecular formula is C3H13N3O7. The molecule has 13 N–H and O–H groups in total. The number of rotatable bonds is 0. The van der Waals surface area contributed by atoms with Gasteiger partial charge in [-0.2, -0.15) is 0 Å². The van der Waals surface area contributed by atoms with Crippen molar-refractivity contribution >= 4 is 18.1 Å². The van der Waals surface area contributed by atoms with Gasteiger partial charge in [-0.3, -0.25) is 0 Å². The van der Waals surface area contributed by atoms with E-state index in [1.54, 1.807) is 0 Å². The van der Waals surface area contributed by atoms with Gasteiger partial charge in [0.2, 0.25) is 0 Å². The molecule has 13 heavy (non-hydrogen) atoms. The van der Waals surface area contributed by atoms with E-state index in [0.29, 0.717) is 0 Å². The van der Waals surface area contributed by atoms with Gasteiger partial charge < -0.3 is 38.9 Å². The third kappa shape index (κ3) is 151. The molecule has 0 unspecified atom stereocenters. The van der Waals surface area contributed by atoms with Crippen molar-refractivity contribution in [3.05, 3.63) is 0 Å². The fourth-order valence-corrected chi connectivity index (χ4v) is 0. The summed E-state index contributed by atoms with van der Waals surface area (Å²) in [5.41, 5.74) is 0. The summed E-state index contributed by atoms with van der Waals surface area (Å²) in [4.78, 5) is 26.8. The molecule has 0 aliphatic carbocycles. The average Bonchev–Trinajstić information content (AvgIpc) is 1.63. The lowest BCUT2D eigenvalue weighted by Gasteiger charge is -1.72. The van der Waals surface area contributed by atoms with Gasteiger partial charge >= 0.3 is 18.1 Å². The molecule has 82 valence electrons. The quantitative estimate of drug-likeness (QED) is 0.257. The van der Waals surface area contributed by atoms with Gasteiger partial charge in [0.15, 0.2) is 0 Å².